The lowest BCUT2D eigenvalue weighted by atomic mass is 10.0. The van der Waals surface area contributed by atoms with Crippen LogP contribution in [0.15, 0.2) is 34.1 Å². The second-order valence-electron chi connectivity index (χ2n) is 4.69. The molecule has 1 aromatic carbocycles. The first-order valence-electron chi connectivity index (χ1n) is 6.33. The van der Waals surface area contributed by atoms with Gasteiger partial charge in [-0.25, -0.2) is 0 Å². The van der Waals surface area contributed by atoms with Gasteiger partial charge in [-0.15, -0.1) is 11.3 Å². The Kier molecular flexibility index (Phi) is 5.02. The molecular formula is C15H18BrNOS. The molecule has 0 aliphatic heterocycles. The Morgan fingerprint density at radius 1 is 1.32 bits per heavy atom. The molecule has 0 aliphatic carbocycles. The Labute approximate surface area is 126 Å². The first-order chi connectivity index (χ1) is 9.06. The number of hydrogen-bond donors (Lipinski definition) is 2. The second kappa shape index (κ2) is 6.55. The van der Waals surface area contributed by atoms with E-state index in [0.29, 0.717) is 5.75 Å². The van der Waals surface area contributed by atoms with Crippen molar-refractivity contribution < 1.29 is 5.11 Å². The van der Waals surface area contributed by atoms with Crippen LogP contribution < -0.4 is 5.32 Å². The highest BCUT2D eigenvalue weighted by molar-refractivity contribution is 9.11. The largest absolute Gasteiger partial charge is 0.508 e. The number of aryl methyl sites for hydroxylation is 1. The molecule has 2 N–H and O–H groups in total. The number of benzene rings is 1. The molecular weight excluding hydrogens is 322 g/mol. The zero-order valence-corrected chi connectivity index (χ0v) is 13.5. The van der Waals surface area contributed by atoms with E-state index in [0.717, 1.165) is 18.5 Å². The molecule has 1 heterocycles. The van der Waals surface area contributed by atoms with Crippen molar-refractivity contribution in [1.29, 1.82) is 0 Å². The number of aromatic hydroxyl groups is 1. The fourth-order valence-electron chi connectivity index (χ4n) is 2.03. The van der Waals surface area contributed by atoms with E-state index in [1.54, 1.807) is 17.4 Å². The normalized spacial score (nSPS) is 12.6. The van der Waals surface area contributed by atoms with Crippen molar-refractivity contribution >= 4 is 27.3 Å². The summed E-state index contributed by atoms with van der Waals surface area (Å²) in [5.74, 6) is 0.365. The van der Waals surface area contributed by atoms with Crippen molar-refractivity contribution in [3.05, 3.63) is 50.1 Å². The molecule has 0 fully saturated rings. The lowest BCUT2D eigenvalue weighted by Gasteiger charge is -2.16. The molecule has 2 nitrogen and oxygen atoms in total. The maximum absolute atomic E-state index is 9.88. The van der Waals surface area contributed by atoms with E-state index in [1.165, 1.54) is 14.2 Å². The van der Waals surface area contributed by atoms with Gasteiger partial charge in [0.2, 0.25) is 0 Å². The van der Waals surface area contributed by atoms with Crippen molar-refractivity contribution in [1.82, 2.24) is 5.32 Å². The van der Waals surface area contributed by atoms with Crippen LogP contribution in [-0.2, 0) is 6.42 Å². The molecule has 0 saturated carbocycles. The Hall–Kier alpha value is -0.840. The second-order valence-corrected chi connectivity index (χ2v) is 7.24. The molecule has 2 rings (SSSR count). The highest BCUT2D eigenvalue weighted by atomic mass is 79.9. The van der Waals surface area contributed by atoms with Crippen LogP contribution >= 0.6 is 27.3 Å². The van der Waals surface area contributed by atoms with Gasteiger partial charge in [0.25, 0.3) is 0 Å². The van der Waals surface area contributed by atoms with Gasteiger partial charge < -0.3 is 10.4 Å². The Morgan fingerprint density at radius 3 is 2.79 bits per heavy atom. The van der Waals surface area contributed by atoms with Crippen molar-refractivity contribution in [2.75, 3.05) is 6.54 Å². The van der Waals surface area contributed by atoms with Gasteiger partial charge in [-0.3, -0.25) is 0 Å². The smallest absolute Gasteiger partial charge is 0.120 e. The lowest BCUT2D eigenvalue weighted by molar-refractivity contribution is 0.453. The van der Waals surface area contributed by atoms with Gasteiger partial charge in [0.15, 0.2) is 0 Å². The summed E-state index contributed by atoms with van der Waals surface area (Å²) < 4.78 is 1.17. The molecule has 0 saturated heterocycles. The summed E-state index contributed by atoms with van der Waals surface area (Å²) in [4.78, 5) is 1.36. The van der Waals surface area contributed by atoms with Crippen LogP contribution in [0, 0.1) is 6.92 Å². The number of nitrogens with one attached hydrogen (secondary N) is 1. The fourth-order valence-corrected chi connectivity index (χ4v) is 3.51. The first-order valence-corrected chi connectivity index (χ1v) is 7.94. The molecule has 1 unspecified atom stereocenters. The highest BCUT2D eigenvalue weighted by Gasteiger charge is 2.10. The number of phenolic OH excluding ortho intramolecular Hbond substituents is 1. The van der Waals surface area contributed by atoms with E-state index >= 15 is 0 Å². The average Bonchev–Trinajstić information content (AvgIpc) is 2.78. The molecule has 0 aliphatic rings. The van der Waals surface area contributed by atoms with Crippen molar-refractivity contribution in [3.63, 3.8) is 0 Å². The molecule has 1 atom stereocenters. The Morgan fingerprint density at radius 2 is 2.11 bits per heavy atom. The molecule has 19 heavy (non-hydrogen) atoms. The molecule has 0 radical (unpaired) electrons. The van der Waals surface area contributed by atoms with E-state index < -0.39 is 0 Å². The summed E-state index contributed by atoms with van der Waals surface area (Å²) in [6.07, 6.45) is 1.01. The molecule has 2 aromatic rings. The van der Waals surface area contributed by atoms with Gasteiger partial charge >= 0.3 is 0 Å². The van der Waals surface area contributed by atoms with Crippen LogP contribution in [0.2, 0.25) is 0 Å². The third-order valence-corrected chi connectivity index (χ3v) is 4.78. The number of phenols is 1. The standard InChI is InChI=1S/C15H18BrNOS/c1-10-3-5-14(18)13(9-10)11(2)17-8-7-12-4-6-15(16)19-12/h3-6,9,11,17-18H,7-8H2,1-2H3. The monoisotopic (exact) mass is 339 g/mol. The number of rotatable bonds is 5. The van der Waals surface area contributed by atoms with Crippen LogP contribution in [0.3, 0.4) is 0 Å². The molecule has 4 heteroatoms. The van der Waals surface area contributed by atoms with Gasteiger partial charge in [0.1, 0.15) is 5.75 Å². The van der Waals surface area contributed by atoms with Crippen LogP contribution in [0.5, 0.6) is 5.75 Å². The predicted octanol–water partition coefficient (Wildman–Crippen LogP) is 4.42. The number of hydrogen-bond acceptors (Lipinski definition) is 3. The molecule has 0 spiro atoms. The Bertz CT molecular complexity index is 553. The average molecular weight is 340 g/mol. The summed E-state index contributed by atoms with van der Waals surface area (Å²) in [5.41, 5.74) is 2.14. The van der Waals surface area contributed by atoms with Gasteiger partial charge in [0, 0.05) is 23.0 Å². The van der Waals surface area contributed by atoms with Crippen molar-refractivity contribution in [2.45, 2.75) is 26.3 Å². The van der Waals surface area contributed by atoms with E-state index in [2.05, 4.69) is 40.3 Å². The zero-order chi connectivity index (χ0) is 13.8. The molecule has 1 aromatic heterocycles. The van der Waals surface area contributed by atoms with Gasteiger partial charge in [-0.05, 0) is 54.4 Å². The van der Waals surface area contributed by atoms with Gasteiger partial charge in [-0.2, -0.15) is 0 Å². The minimum absolute atomic E-state index is 0.156. The predicted molar refractivity (Wildman–Crippen MR) is 85.0 cm³/mol. The van der Waals surface area contributed by atoms with Gasteiger partial charge in [-0.1, -0.05) is 17.7 Å². The number of halogens is 1. The molecule has 102 valence electrons. The van der Waals surface area contributed by atoms with Crippen molar-refractivity contribution in [2.24, 2.45) is 0 Å². The van der Waals surface area contributed by atoms with Crippen LogP contribution in [0.4, 0.5) is 0 Å². The summed E-state index contributed by atoms with van der Waals surface area (Å²) in [6.45, 7) is 5.03. The van der Waals surface area contributed by atoms with Gasteiger partial charge in [0.05, 0.1) is 3.79 Å². The zero-order valence-electron chi connectivity index (χ0n) is 11.1. The maximum Gasteiger partial charge on any atom is 0.120 e. The number of thiophene rings is 1. The summed E-state index contributed by atoms with van der Waals surface area (Å²) in [7, 11) is 0. The summed E-state index contributed by atoms with van der Waals surface area (Å²) in [5, 5.41) is 13.3. The van der Waals surface area contributed by atoms with Crippen LogP contribution in [0.1, 0.15) is 29.0 Å². The van der Waals surface area contributed by atoms with E-state index in [-0.39, 0.29) is 6.04 Å². The fraction of sp³-hybridized carbons (Fsp3) is 0.333. The third-order valence-electron chi connectivity index (χ3n) is 3.10. The third kappa shape index (κ3) is 4.06. The topological polar surface area (TPSA) is 32.3 Å². The summed E-state index contributed by atoms with van der Waals surface area (Å²) >= 11 is 5.24. The minimum atomic E-state index is 0.156. The summed E-state index contributed by atoms with van der Waals surface area (Å²) in [6, 6.07) is 10.1. The first kappa shape index (κ1) is 14.6. The van der Waals surface area contributed by atoms with E-state index in [1.807, 2.05) is 19.1 Å². The van der Waals surface area contributed by atoms with E-state index in [9.17, 15) is 5.11 Å². The van der Waals surface area contributed by atoms with Crippen LogP contribution in [-0.4, -0.2) is 11.7 Å². The molecule has 0 bridgehead atoms. The highest BCUT2D eigenvalue weighted by Crippen LogP contribution is 2.25. The van der Waals surface area contributed by atoms with Crippen molar-refractivity contribution in [3.8, 4) is 5.75 Å². The minimum Gasteiger partial charge on any atom is -0.508 e. The molecule has 0 amide bonds. The lowest BCUT2D eigenvalue weighted by Crippen LogP contribution is -2.21. The SMILES string of the molecule is Cc1ccc(O)c(C(C)NCCc2ccc(Br)s2)c1. The maximum atomic E-state index is 9.88. The van der Waals surface area contributed by atoms with Crippen LogP contribution in [0.25, 0.3) is 0 Å². The van der Waals surface area contributed by atoms with E-state index in [4.69, 9.17) is 0 Å². The Balaban J connectivity index is 1.90. The quantitative estimate of drug-likeness (QED) is 0.845.